The Balaban J connectivity index is 1.88. The standard InChI is InChI=1S/C18H17B2N3O2/c19-7-8-25-23-16-12-3-1-2-4-13(12)21-17(16)15-11-6-5-10(20)9-14(11)22-18(15)24/h1-6,9,21H,7-8,19-20H2,(H,22,24)/b17-15-,23-16+. The number of hydrogen-bond acceptors (Lipinski definition) is 4. The lowest BCUT2D eigenvalue weighted by Gasteiger charge is -2.06. The van der Waals surface area contributed by atoms with Crippen molar-refractivity contribution in [1.29, 1.82) is 0 Å². The van der Waals surface area contributed by atoms with Crippen LogP contribution in [-0.2, 0) is 9.63 Å². The van der Waals surface area contributed by atoms with Crippen LogP contribution in [0.3, 0.4) is 0 Å². The number of allylic oxidation sites excluding steroid dienone is 1. The van der Waals surface area contributed by atoms with E-state index in [1.165, 1.54) is 0 Å². The molecule has 2 aromatic rings. The molecule has 7 heteroatoms. The molecule has 0 aliphatic carbocycles. The van der Waals surface area contributed by atoms with E-state index in [0.29, 0.717) is 23.6 Å². The molecule has 2 N–H and O–H groups in total. The van der Waals surface area contributed by atoms with Crippen molar-refractivity contribution >= 4 is 49.7 Å². The second-order valence-electron chi connectivity index (χ2n) is 6.20. The Labute approximate surface area is 148 Å². The Morgan fingerprint density at radius 3 is 2.72 bits per heavy atom. The first kappa shape index (κ1) is 15.6. The van der Waals surface area contributed by atoms with Crippen LogP contribution in [0.2, 0.25) is 6.32 Å². The van der Waals surface area contributed by atoms with Gasteiger partial charge in [0.2, 0.25) is 0 Å². The highest BCUT2D eigenvalue weighted by Gasteiger charge is 2.34. The second kappa shape index (κ2) is 6.16. The smallest absolute Gasteiger partial charge is 0.258 e. The lowest BCUT2D eigenvalue weighted by Crippen LogP contribution is -2.13. The Kier molecular flexibility index (Phi) is 3.84. The summed E-state index contributed by atoms with van der Waals surface area (Å²) in [5.41, 5.74) is 6.65. The topological polar surface area (TPSA) is 62.7 Å². The molecule has 0 atom stereocenters. The SMILES string of the molecule is BCCO/N=C1/C(=C2/C(=O)Nc3cc(B)ccc32)Nc2ccccc21. The quantitative estimate of drug-likeness (QED) is 0.373. The Bertz CT molecular complexity index is 938. The van der Waals surface area contributed by atoms with Gasteiger partial charge in [-0.15, -0.1) is 0 Å². The number of oxime groups is 1. The zero-order valence-corrected chi connectivity index (χ0v) is 14.2. The van der Waals surface area contributed by atoms with E-state index >= 15 is 0 Å². The fourth-order valence-electron chi connectivity index (χ4n) is 3.14. The second-order valence-corrected chi connectivity index (χ2v) is 6.20. The zero-order valence-electron chi connectivity index (χ0n) is 14.2. The third-order valence-electron chi connectivity index (χ3n) is 4.30. The summed E-state index contributed by atoms with van der Waals surface area (Å²) < 4.78 is 0. The van der Waals surface area contributed by atoms with E-state index in [-0.39, 0.29) is 5.91 Å². The van der Waals surface area contributed by atoms with Crippen molar-refractivity contribution in [1.82, 2.24) is 0 Å². The third kappa shape index (κ3) is 2.61. The predicted octanol–water partition coefficient (Wildman–Crippen LogP) is 0.506. The average molecular weight is 329 g/mol. The van der Waals surface area contributed by atoms with Gasteiger partial charge in [0.1, 0.15) is 28.0 Å². The molecule has 0 spiro atoms. The summed E-state index contributed by atoms with van der Waals surface area (Å²) in [5, 5.41) is 10.6. The predicted molar refractivity (Wildman–Crippen MR) is 106 cm³/mol. The van der Waals surface area contributed by atoms with Crippen LogP contribution < -0.4 is 16.1 Å². The highest BCUT2D eigenvalue weighted by Crippen LogP contribution is 2.38. The van der Waals surface area contributed by atoms with Crippen LogP contribution in [0.4, 0.5) is 11.4 Å². The molecular formula is C18H17B2N3O2. The molecule has 0 saturated carbocycles. The van der Waals surface area contributed by atoms with Gasteiger partial charge in [-0.3, -0.25) is 4.79 Å². The largest absolute Gasteiger partial charge is 0.396 e. The molecule has 2 heterocycles. The van der Waals surface area contributed by atoms with Gasteiger partial charge in [-0.1, -0.05) is 41.0 Å². The first-order valence-electron chi connectivity index (χ1n) is 8.42. The van der Waals surface area contributed by atoms with Gasteiger partial charge < -0.3 is 15.5 Å². The summed E-state index contributed by atoms with van der Waals surface area (Å²) in [7, 11) is 4.04. The van der Waals surface area contributed by atoms with Crippen LogP contribution in [0.1, 0.15) is 11.1 Å². The number of nitrogens with one attached hydrogen (secondary N) is 2. The van der Waals surface area contributed by atoms with Crippen LogP contribution in [0.5, 0.6) is 0 Å². The Morgan fingerprint density at radius 1 is 1.04 bits per heavy atom. The number of anilines is 2. The molecule has 0 radical (unpaired) electrons. The molecule has 0 fully saturated rings. The van der Waals surface area contributed by atoms with Crippen molar-refractivity contribution < 1.29 is 9.63 Å². The Morgan fingerprint density at radius 2 is 1.88 bits per heavy atom. The van der Waals surface area contributed by atoms with E-state index in [9.17, 15) is 4.79 Å². The number of carbonyl (C=O) groups excluding carboxylic acids is 1. The van der Waals surface area contributed by atoms with E-state index < -0.39 is 0 Å². The highest BCUT2D eigenvalue weighted by molar-refractivity contribution is 6.40. The third-order valence-corrected chi connectivity index (χ3v) is 4.30. The number of benzene rings is 2. The Hall–Kier alpha value is -2.95. The van der Waals surface area contributed by atoms with Crippen molar-refractivity contribution in [2.24, 2.45) is 5.16 Å². The average Bonchev–Trinajstić information content (AvgIpc) is 3.11. The molecule has 0 bridgehead atoms. The van der Waals surface area contributed by atoms with Crippen molar-refractivity contribution in [3.8, 4) is 0 Å². The van der Waals surface area contributed by atoms with E-state index in [1.807, 2.05) is 58.2 Å². The van der Waals surface area contributed by atoms with Gasteiger partial charge in [0.15, 0.2) is 0 Å². The molecule has 2 aromatic carbocycles. The summed E-state index contributed by atoms with van der Waals surface area (Å²) in [6, 6.07) is 13.8. The van der Waals surface area contributed by atoms with Crippen molar-refractivity contribution in [2.45, 2.75) is 6.32 Å². The maximum absolute atomic E-state index is 12.7. The first-order chi connectivity index (χ1) is 12.2. The van der Waals surface area contributed by atoms with E-state index in [2.05, 4.69) is 15.8 Å². The van der Waals surface area contributed by atoms with E-state index in [1.54, 1.807) is 0 Å². The fourth-order valence-corrected chi connectivity index (χ4v) is 3.14. The summed E-state index contributed by atoms with van der Waals surface area (Å²) in [6.45, 7) is 0.538. The minimum absolute atomic E-state index is 0.126. The van der Waals surface area contributed by atoms with Gasteiger partial charge in [0, 0.05) is 22.5 Å². The van der Waals surface area contributed by atoms with Gasteiger partial charge in [-0.2, -0.15) is 0 Å². The number of hydrogen-bond donors (Lipinski definition) is 2. The van der Waals surface area contributed by atoms with E-state index in [4.69, 9.17) is 4.84 Å². The molecule has 2 aliphatic rings. The number of para-hydroxylation sites is 1. The highest BCUT2D eigenvalue weighted by atomic mass is 16.6. The van der Waals surface area contributed by atoms with Crippen molar-refractivity contribution in [3.63, 3.8) is 0 Å². The summed E-state index contributed by atoms with van der Waals surface area (Å²) in [5.74, 6) is -0.126. The van der Waals surface area contributed by atoms with Gasteiger partial charge in [0.25, 0.3) is 5.91 Å². The molecule has 1 amide bonds. The van der Waals surface area contributed by atoms with Crippen molar-refractivity contribution in [3.05, 3.63) is 59.3 Å². The number of nitrogens with zero attached hydrogens (tertiary/aromatic N) is 1. The lowest BCUT2D eigenvalue weighted by molar-refractivity contribution is -0.110. The first-order valence-corrected chi connectivity index (χ1v) is 8.42. The zero-order chi connectivity index (χ0) is 17.4. The van der Waals surface area contributed by atoms with Crippen molar-refractivity contribution in [2.75, 3.05) is 17.2 Å². The molecule has 0 aromatic heterocycles. The molecule has 2 aliphatic heterocycles. The number of rotatable bonds is 3. The van der Waals surface area contributed by atoms with Gasteiger partial charge >= 0.3 is 0 Å². The molecule has 25 heavy (non-hydrogen) atoms. The van der Waals surface area contributed by atoms with Crippen LogP contribution in [0.15, 0.2) is 53.3 Å². The van der Waals surface area contributed by atoms with Crippen LogP contribution >= 0.6 is 0 Å². The van der Waals surface area contributed by atoms with Gasteiger partial charge in [-0.25, -0.2) is 0 Å². The van der Waals surface area contributed by atoms with E-state index in [0.717, 1.165) is 34.3 Å². The summed E-state index contributed by atoms with van der Waals surface area (Å²) >= 11 is 0. The van der Waals surface area contributed by atoms with Gasteiger partial charge in [0.05, 0.1) is 11.3 Å². The molecule has 0 unspecified atom stereocenters. The number of amides is 1. The van der Waals surface area contributed by atoms with Gasteiger partial charge in [-0.05, 0) is 18.5 Å². The molecule has 4 rings (SSSR count). The van der Waals surface area contributed by atoms with Crippen LogP contribution in [0.25, 0.3) is 5.57 Å². The fraction of sp³-hybridized carbons (Fsp3) is 0.111. The summed E-state index contributed by atoms with van der Waals surface area (Å²) in [4.78, 5) is 18.1. The minimum atomic E-state index is -0.126. The normalized spacial score (nSPS) is 19.4. The van der Waals surface area contributed by atoms with Crippen LogP contribution in [-0.4, -0.2) is 33.9 Å². The van der Waals surface area contributed by atoms with Crippen LogP contribution in [0, 0.1) is 0 Å². The molecule has 0 saturated heterocycles. The number of carbonyl (C=O) groups is 1. The lowest BCUT2D eigenvalue weighted by atomic mass is 9.92. The summed E-state index contributed by atoms with van der Waals surface area (Å²) in [6.07, 6.45) is 0.875. The minimum Gasteiger partial charge on any atom is -0.396 e. The maximum atomic E-state index is 12.7. The molecule has 5 nitrogen and oxygen atoms in total. The number of fused-ring (bicyclic) bond motifs is 2. The monoisotopic (exact) mass is 329 g/mol. The molecular weight excluding hydrogens is 312 g/mol. The maximum Gasteiger partial charge on any atom is 0.258 e. The molecule has 122 valence electrons.